The Labute approximate surface area is 71.9 Å². The van der Waals surface area contributed by atoms with Crippen molar-refractivity contribution in [3.05, 3.63) is 0 Å². The molecule has 0 spiro atoms. The van der Waals surface area contributed by atoms with Crippen LogP contribution in [-0.2, 0) is 9.53 Å². The lowest BCUT2D eigenvalue weighted by atomic mass is 9.87. The summed E-state index contributed by atoms with van der Waals surface area (Å²) in [7, 11) is 0. The van der Waals surface area contributed by atoms with E-state index in [0.29, 0.717) is 13.2 Å². The molecule has 0 bridgehead atoms. The highest BCUT2D eigenvalue weighted by Crippen LogP contribution is 2.26. The Hall–Kier alpha value is -0.610. The summed E-state index contributed by atoms with van der Waals surface area (Å²) in [6.07, 6.45) is 0. The molecule has 12 heavy (non-hydrogen) atoms. The fourth-order valence-electron chi connectivity index (χ4n) is 0.983. The van der Waals surface area contributed by atoms with Gasteiger partial charge in [-0.05, 0) is 13.8 Å². The molecule has 1 aliphatic heterocycles. The molecule has 0 aromatic heterocycles. The first-order chi connectivity index (χ1) is 5.58. The number of ether oxygens (including phenoxy) is 1. The first kappa shape index (κ1) is 9.48. The zero-order valence-electron chi connectivity index (χ0n) is 7.46. The number of carbonyl (C=O) groups is 1. The Morgan fingerprint density at radius 3 is 2.67 bits per heavy atom. The molecule has 1 rings (SSSR count). The van der Waals surface area contributed by atoms with Gasteiger partial charge in [0.1, 0.15) is 0 Å². The standard InChI is InChI=1S/C8H15NO3/c1-6(3-10)9-7(11)8(2)4-12-5-8/h6,10H,3-5H2,1-2H3,(H,9,11)/t6-/m0/s1. The van der Waals surface area contributed by atoms with Crippen LogP contribution in [0.1, 0.15) is 13.8 Å². The Morgan fingerprint density at radius 1 is 1.75 bits per heavy atom. The molecule has 1 heterocycles. The Morgan fingerprint density at radius 2 is 2.33 bits per heavy atom. The number of hydrogen-bond donors (Lipinski definition) is 2. The van der Waals surface area contributed by atoms with Crippen LogP contribution in [0.2, 0.25) is 0 Å². The third-order valence-electron chi connectivity index (χ3n) is 2.04. The van der Waals surface area contributed by atoms with Crippen LogP contribution in [0.4, 0.5) is 0 Å². The van der Waals surface area contributed by atoms with E-state index in [2.05, 4.69) is 5.32 Å². The van der Waals surface area contributed by atoms with Crippen LogP contribution >= 0.6 is 0 Å². The number of aliphatic hydroxyl groups excluding tert-OH is 1. The van der Waals surface area contributed by atoms with Gasteiger partial charge in [-0.1, -0.05) is 0 Å². The molecule has 70 valence electrons. The highest BCUT2D eigenvalue weighted by Gasteiger charge is 2.41. The quantitative estimate of drug-likeness (QED) is 0.606. The normalized spacial score (nSPS) is 22.6. The van der Waals surface area contributed by atoms with Gasteiger partial charge in [0.25, 0.3) is 0 Å². The zero-order chi connectivity index (χ0) is 9.19. The molecule has 1 amide bonds. The second-order valence-electron chi connectivity index (χ2n) is 3.61. The lowest BCUT2D eigenvalue weighted by molar-refractivity contribution is -0.158. The van der Waals surface area contributed by atoms with Crippen molar-refractivity contribution < 1.29 is 14.6 Å². The first-order valence-corrected chi connectivity index (χ1v) is 4.08. The summed E-state index contributed by atoms with van der Waals surface area (Å²) in [5.41, 5.74) is -0.372. The topological polar surface area (TPSA) is 58.6 Å². The monoisotopic (exact) mass is 173 g/mol. The lowest BCUT2D eigenvalue weighted by Gasteiger charge is -2.36. The van der Waals surface area contributed by atoms with Crippen molar-refractivity contribution in [3.63, 3.8) is 0 Å². The summed E-state index contributed by atoms with van der Waals surface area (Å²) < 4.78 is 4.95. The van der Waals surface area contributed by atoms with Gasteiger partial charge in [-0.25, -0.2) is 0 Å². The molecule has 1 fully saturated rings. The smallest absolute Gasteiger partial charge is 0.230 e. The van der Waals surface area contributed by atoms with Crippen LogP contribution < -0.4 is 5.32 Å². The van der Waals surface area contributed by atoms with Crippen molar-refractivity contribution in [2.75, 3.05) is 19.8 Å². The second kappa shape index (κ2) is 3.41. The van der Waals surface area contributed by atoms with E-state index >= 15 is 0 Å². The molecule has 0 aromatic carbocycles. The molecule has 0 aliphatic carbocycles. The SMILES string of the molecule is C[C@@H](CO)NC(=O)C1(C)COC1. The predicted molar refractivity (Wildman–Crippen MR) is 43.6 cm³/mol. The molecule has 0 radical (unpaired) electrons. The van der Waals surface area contributed by atoms with Crippen LogP contribution in [0.3, 0.4) is 0 Å². The van der Waals surface area contributed by atoms with E-state index in [0.717, 1.165) is 0 Å². The van der Waals surface area contributed by atoms with E-state index in [4.69, 9.17) is 9.84 Å². The molecule has 0 unspecified atom stereocenters. The van der Waals surface area contributed by atoms with Gasteiger partial charge in [0, 0.05) is 6.04 Å². The van der Waals surface area contributed by atoms with E-state index in [-0.39, 0.29) is 24.0 Å². The maximum Gasteiger partial charge on any atom is 0.230 e. The van der Waals surface area contributed by atoms with E-state index in [1.807, 2.05) is 6.92 Å². The van der Waals surface area contributed by atoms with E-state index in [1.54, 1.807) is 6.92 Å². The minimum atomic E-state index is -0.372. The third kappa shape index (κ3) is 1.76. The van der Waals surface area contributed by atoms with Crippen LogP contribution in [0.15, 0.2) is 0 Å². The average molecular weight is 173 g/mol. The highest BCUT2D eigenvalue weighted by molar-refractivity contribution is 5.83. The van der Waals surface area contributed by atoms with Crippen LogP contribution in [0, 0.1) is 5.41 Å². The molecule has 4 nitrogen and oxygen atoms in total. The van der Waals surface area contributed by atoms with Gasteiger partial charge in [-0.3, -0.25) is 4.79 Å². The number of aliphatic hydroxyl groups is 1. The zero-order valence-corrected chi connectivity index (χ0v) is 7.46. The highest BCUT2D eigenvalue weighted by atomic mass is 16.5. The minimum Gasteiger partial charge on any atom is -0.394 e. The van der Waals surface area contributed by atoms with E-state index < -0.39 is 0 Å². The summed E-state index contributed by atoms with van der Waals surface area (Å²) >= 11 is 0. The largest absolute Gasteiger partial charge is 0.394 e. The van der Waals surface area contributed by atoms with Crippen molar-refractivity contribution in [2.24, 2.45) is 5.41 Å². The molecule has 4 heteroatoms. The van der Waals surface area contributed by atoms with Crippen LogP contribution in [0.5, 0.6) is 0 Å². The summed E-state index contributed by atoms with van der Waals surface area (Å²) in [6.45, 7) is 4.56. The fraction of sp³-hybridized carbons (Fsp3) is 0.875. The first-order valence-electron chi connectivity index (χ1n) is 4.08. The maximum absolute atomic E-state index is 11.4. The van der Waals surface area contributed by atoms with Gasteiger partial charge in [0.05, 0.1) is 25.2 Å². The maximum atomic E-state index is 11.4. The van der Waals surface area contributed by atoms with Gasteiger partial charge in [0.2, 0.25) is 5.91 Å². The van der Waals surface area contributed by atoms with Crippen molar-refractivity contribution in [1.82, 2.24) is 5.32 Å². The summed E-state index contributed by atoms with van der Waals surface area (Å²) in [5, 5.41) is 11.4. The molecule has 0 saturated carbocycles. The number of rotatable bonds is 3. The predicted octanol–water partition coefficient (Wildman–Crippen LogP) is -0.480. The molecule has 1 saturated heterocycles. The minimum absolute atomic E-state index is 0.0251. The van der Waals surface area contributed by atoms with E-state index in [1.165, 1.54) is 0 Å². The third-order valence-corrected chi connectivity index (χ3v) is 2.04. The Balaban J connectivity index is 2.37. The number of amides is 1. The summed E-state index contributed by atoms with van der Waals surface area (Å²) in [6, 6.07) is -0.171. The molecule has 2 N–H and O–H groups in total. The average Bonchev–Trinajstić information content (AvgIpc) is 1.99. The van der Waals surface area contributed by atoms with E-state index in [9.17, 15) is 4.79 Å². The van der Waals surface area contributed by atoms with Crippen molar-refractivity contribution >= 4 is 5.91 Å². The van der Waals surface area contributed by atoms with Crippen molar-refractivity contribution in [3.8, 4) is 0 Å². The van der Waals surface area contributed by atoms with Gasteiger partial charge >= 0.3 is 0 Å². The summed E-state index contributed by atoms with van der Waals surface area (Å²) in [5.74, 6) is -0.0321. The van der Waals surface area contributed by atoms with Gasteiger partial charge in [-0.15, -0.1) is 0 Å². The molecule has 1 aliphatic rings. The fourth-order valence-corrected chi connectivity index (χ4v) is 0.983. The molecule has 0 aromatic rings. The van der Waals surface area contributed by atoms with Crippen LogP contribution in [-0.4, -0.2) is 36.9 Å². The van der Waals surface area contributed by atoms with Gasteiger partial charge < -0.3 is 15.2 Å². The van der Waals surface area contributed by atoms with Crippen molar-refractivity contribution in [2.45, 2.75) is 19.9 Å². The molecular weight excluding hydrogens is 158 g/mol. The Bertz CT molecular complexity index is 177. The van der Waals surface area contributed by atoms with Crippen molar-refractivity contribution in [1.29, 1.82) is 0 Å². The summed E-state index contributed by atoms with van der Waals surface area (Å²) in [4.78, 5) is 11.4. The Kier molecular flexibility index (Phi) is 2.69. The van der Waals surface area contributed by atoms with Crippen LogP contribution in [0.25, 0.3) is 0 Å². The lowest BCUT2D eigenvalue weighted by Crippen LogP contribution is -2.54. The molecule has 1 atom stereocenters. The number of nitrogens with one attached hydrogen (secondary N) is 1. The van der Waals surface area contributed by atoms with Gasteiger partial charge in [0.15, 0.2) is 0 Å². The second-order valence-corrected chi connectivity index (χ2v) is 3.61. The molecular formula is C8H15NO3. The number of carbonyl (C=O) groups excluding carboxylic acids is 1. The number of hydrogen-bond acceptors (Lipinski definition) is 3. The van der Waals surface area contributed by atoms with Gasteiger partial charge in [-0.2, -0.15) is 0 Å².